The van der Waals surface area contributed by atoms with Gasteiger partial charge in [0, 0.05) is 18.6 Å². The summed E-state index contributed by atoms with van der Waals surface area (Å²) in [6, 6.07) is 2.95. The molecule has 35 heavy (non-hydrogen) atoms. The first-order valence-corrected chi connectivity index (χ1v) is 11.6. The van der Waals surface area contributed by atoms with Gasteiger partial charge in [-0.1, -0.05) is 6.07 Å². The summed E-state index contributed by atoms with van der Waals surface area (Å²) in [6.45, 7) is 0.437. The Morgan fingerprint density at radius 3 is 2.54 bits per heavy atom. The summed E-state index contributed by atoms with van der Waals surface area (Å²) in [6.07, 6.45) is 3.13. The summed E-state index contributed by atoms with van der Waals surface area (Å²) in [5.74, 6) is -1.65. The lowest BCUT2D eigenvalue weighted by atomic mass is 9.85. The minimum Gasteiger partial charge on any atom is -0.378 e. The van der Waals surface area contributed by atoms with Crippen LogP contribution in [0.3, 0.4) is 0 Å². The van der Waals surface area contributed by atoms with E-state index in [1.807, 2.05) is 0 Å². The molecule has 1 aromatic carbocycles. The van der Waals surface area contributed by atoms with Crippen LogP contribution in [0.5, 0.6) is 0 Å². The van der Waals surface area contributed by atoms with E-state index in [1.54, 1.807) is 4.57 Å². The highest BCUT2D eigenvalue weighted by atomic mass is 19.1. The molecule has 4 N–H and O–H groups in total. The van der Waals surface area contributed by atoms with Crippen LogP contribution in [0.1, 0.15) is 38.1 Å². The molecule has 186 valence electrons. The van der Waals surface area contributed by atoms with E-state index >= 15 is 0 Å². The number of aromatic nitrogens is 4. The molecule has 1 aliphatic heterocycles. The topological polar surface area (TPSA) is 120 Å². The molecular formula is C23H26F3N7O2. The Kier molecular flexibility index (Phi) is 6.46. The zero-order chi connectivity index (χ0) is 24.5. The Bertz CT molecular complexity index is 1210. The van der Waals surface area contributed by atoms with Gasteiger partial charge >= 0.3 is 0 Å². The normalized spacial score (nSPS) is 24.9. The number of fused-ring (bicyclic) bond motifs is 1. The van der Waals surface area contributed by atoms with Gasteiger partial charge in [-0.25, -0.2) is 23.1 Å². The van der Waals surface area contributed by atoms with Crippen molar-refractivity contribution in [3.8, 4) is 0 Å². The average molecular weight is 490 g/mol. The second-order valence-electron chi connectivity index (χ2n) is 8.97. The smallest absolute Gasteiger partial charge is 0.225 e. The first-order valence-electron chi connectivity index (χ1n) is 11.6. The number of carbonyl (C=O) groups is 1. The third-order valence-electron chi connectivity index (χ3n) is 6.70. The van der Waals surface area contributed by atoms with Crippen LogP contribution in [0.2, 0.25) is 0 Å². The van der Waals surface area contributed by atoms with Crippen LogP contribution in [0.15, 0.2) is 24.4 Å². The van der Waals surface area contributed by atoms with Crippen LogP contribution in [0.25, 0.3) is 11.2 Å². The van der Waals surface area contributed by atoms with E-state index in [0.717, 1.165) is 12.1 Å². The number of ether oxygens (including phenoxy) is 1. The molecule has 12 heteroatoms. The van der Waals surface area contributed by atoms with Crippen LogP contribution in [0.4, 0.5) is 30.8 Å². The van der Waals surface area contributed by atoms with Gasteiger partial charge in [0.05, 0.1) is 18.8 Å². The molecule has 0 bridgehead atoms. The van der Waals surface area contributed by atoms with Crippen molar-refractivity contribution in [1.29, 1.82) is 0 Å². The number of rotatable bonds is 6. The number of primary amides is 1. The molecular weight excluding hydrogens is 463 g/mol. The van der Waals surface area contributed by atoms with Crippen LogP contribution in [-0.2, 0) is 9.53 Å². The standard InChI is InChI=1S/C23H26F3N7O2/c24-14-2-1-3-15(25)19(14)31-23-30-18-10-28-22(29-17-8-9-35-11-16(17)26)32-21(18)33(23)13-6-4-12(5-7-13)20(27)34/h1-3,10,12-13,16-17H,4-9,11H2,(H2,27,34)(H,30,31)(H,28,29,32)/t12-,13+,16-,17-/m0/s1. The summed E-state index contributed by atoms with van der Waals surface area (Å²) < 4.78 is 50.0. The van der Waals surface area contributed by atoms with Crippen LogP contribution >= 0.6 is 0 Å². The predicted octanol–water partition coefficient (Wildman–Crippen LogP) is 3.60. The first kappa shape index (κ1) is 23.3. The van der Waals surface area contributed by atoms with Gasteiger partial charge in [0.2, 0.25) is 17.8 Å². The summed E-state index contributed by atoms with van der Waals surface area (Å²) >= 11 is 0. The second kappa shape index (κ2) is 9.68. The molecule has 2 fully saturated rings. The SMILES string of the molecule is NC(=O)[C@H]1CC[C@@H](n2c(Nc3c(F)cccc3F)nc3cnc(N[C@H]4CCOC[C@@H]4F)nc32)CC1. The van der Waals surface area contributed by atoms with E-state index in [9.17, 15) is 18.0 Å². The van der Waals surface area contributed by atoms with Gasteiger partial charge in [0.1, 0.15) is 29.0 Å². The van der Waals surface area contributed by atoms with Crippen molar-refractivity contribution in [2.45, 2.75) is 50.4 Å². The number of hydrogen-bond acceptors (Lipinski definition) is 7. The molecule has 1 saturated heterocycles. The molecule has 0 unspecified atom stereocenters. The molecule has 2 aromatic heterocycles. The van der Waals surface area contributed by atoms with Crippen molar-refractivity contribution < 1.29 is 22.7 Å². The number of amides is 1. The van der Waals surface area contributed by atoms with E-state index < -0.39 is 23.8 Å². The largest absolute Gasteiger partial charge is 0.378 e. The Balaban J connectivity index is 1.52. The quantitative estimate of drug-likeness (QED) is 0.484. The lowest BCUT2D eigenvalue weighted by molar-refractivity contribution is -0.122. The lowest BCUT2D eigenvalue weighted by Crippen LogP contribution is -2.39. The van der Waals surface area contributed by atoms with E-state index in [-0.39, 0.29) is 42.1 Å². The molecule has 1 saturated carbocycles. The Labute approximate surface area is 199 Å². The molecule has 5 rings (SSSR count). The third-order valence-corrected chi connectivity index (χ3v) is 6.70. The molecule has 2 atom stereocenters. The number of nitrogens with two attached hydrogens (primary N) is 1. The minimum atomic E-state index is -1.20. The van der Waals surface area contributed by atoms with Crippen molar-refractivity contribution in [3.63, 3.8) is 0 Å². The molecule has 3 aromatic rings. The highest BCUT2D eigenvalue weighted by Gasteiger charge is 2.30. The van der Waals surface area contributed by atoms with E-state index in [1.165, 1.54) is 12.3 Å². The number of benzene rings is 1. The summed E-state index contributed by atoms with van der Waals surface area (Å²) in [5.41, 5.74) is 6.00. The van der Waals surface area contributed by atoms with Gasteiger partial charge in [0.15, 0.2) is 5.65 Å². The summed E-state index contributed by atoms with van der Waals surface area (Å²) in [5, 5.41) is 5.82. The fourth-order valence-electron chi connectivity index (χ4n) is 4.77. The average Bonchev–Trinajstić information content (AvgIpc) is 3.20. The maximum atomic E-state index is 14.4. The van der Waals surface area contributed by atoms with Gasteiger partial charge < -0.3 is 21.1 Å². The van der Waals surface area contributed by atoms with Gasteiger partial charge in [-0.05, 0) is 44.2 Å². The number of carbonyl (C=O) groups excluding carboxylic acids is 1. The van der Waals surface area contributed by atoms with Crippen molar-refractivity contribution in [2.75, 3.05) is 23.8 Å². The number of nitrogens with one attached hydrogen (secondary N) is 2. The van der Waals surface area contributed by atoms with Gasteiger partial charge in [-0.3, -0.25) is 9.36 Å². The van der Waals surface area contributed by atoms with E-state index in [4.69, 9.17) is 10.5 Å². The monoisotopic (exact) mass is 489 g/mol. The van der Waals surface area contributed by atoms with E-state index in [0.29, 0.717) is 49.9 Å². The number of para-hydroxylation sites is 1. The predicted molar refractivity (Wildman–Crippen MR) is 123 cm³/mol. The Morgan fingerprint density at radius 2 is 1.86 bits per heavy atom. The highest BCUT2D eigenvalue weighted by Crippen LogP contribution is 2.37. The van der Waals surface area contributed by atoms with Crippen LogP contribution in [-0.4, -0.2) is 50.9 Å². The zero-order valence-corrected chi connectivity index (χ0v) is 18.9. The minimum absolute atomic E-state index is 0.00319. The fourth-order valence-corrected chi connectivity index (χ4v) is 4.77. The molecule has 0 radical (unpaired) electrons. The number of nitrogens with zero attached hydrogens (tertiary/aromatic N) is 4. The highest BCUT2D eigenvalue weighted by molar-refractivity contribution is 5.78. The molecule has 0 spiro atoms. The van der Waals surface area contributed by atoms with Gasteiger partial charge in [-0.2, -0.15) is 4.98 Å². The second-order valence-corrected chi connectivity index (χ2v) is 8.97. The van der Waals surface area contributed by atoms with Crippen LogP contribution < -0.4 is 16.4 Å². The van der Waals surface area contributed by atoms with Gasteiger partial charge in [-0.15, -0.1) is 0 Å². The van der Waals surface area contributed by atoms with Crippen molar-refractivity contribution in [2.24, 2.45) is 11.7 Å². The Hall–Kier alpha value is -3.41. The maximum Gasteiger partial charge on any atom is 0.225 e. The number of anilines is 3. The number of halogens is 3. The van der Waals surface area contributed by atoms with Crippen LogP contribution in [0, 0.1) is 17.6 Å². The first-order chi connectivity index (χ1) is 16.9. The van der Waals surface area contributed by atoms with Gasteiger partial charge in [0.25, 0.3) is 0 Å². The number of alkyl halides is 1. The van der Waals surface area contributed by atoms with E-state index in [2.05, 4.69) is 25.6 Å². The van der Waals surface area contributed by atoms with Crippen molar-refractivity contribution in [3.05, 3.63) is 36.0 Å². The molecule has 1 aliphatic carbocycles. The Morgan fingerprint density at radius 1 is 1.11 bits per heavy atom. The third kappa shape index (κ3) is 4.75. The molecule has 3 heterocycles. The molecule has 1 amide bonds. The van der Waals surface area contributed by atoms with Crippen molar-refractivity contribution >= 4 is 34.7 Å². The summed E-state index contributed by atoms with van der Waals surface area (Å²) in [7, 11) is 0. The maximum absolute atomic E-state index is 14.4. The fraction of sp³-hybridized carbons (Fsp3) is 0.478. The summed E-state index contributed by atoms with van der Waals surface area (Å²) in [4.78, 5) is 25.0. The number of imidazole rings is 1. The lowest BCUT2D eigenvalue weighted by Gasteiger charge is -2.29. The van der Waals surface area contributed by atoms with Crippen molar-refractivity contribution in [1.82, 2.24) is 19.5 Å². The molecule has 9 nitrogen and oxygen atoms in total. The molecule has 2 aliphatic rings. The number of hydrogen-bond donors (Lipinski definition) is 3. The zero-order valence-electron chi connectivity index (χ0n) is 18.9.